The van der Waals surface area contributed by atoms with Crippen molar-refractivity contribution in [1.29, 1.82) is 0 Å². The maximum atomic E-state index is 5.51. The maximum Gasteiger partial charge on any atom is 0.142 e. The van der Waals surface area contributed by atoms with E-state index in [1.165, 1.54) is 0 Å². The van der Waals surface area contributed by atoms with Crippen molar-refractivity contribution >= 4 is 21.6 Å². The lowest BCUT2D eigenvalue weighted by molar-refractivity contribution is 0.292. The quantitative estimate of drug-likeness (QED) is 0.736. The van der Waals surface area contributed by atoms with Gasteiger partial charge in [0.25, 0.3) is 0 Å². The van der Waals surface area contributed by atoms with E-state index < -0.39 is 0 Å². The van der Waals surface area contributed by atoms with E-state index in [0.717, 1.165) is 22.5 Å². The molecule has 1 aromatic carbocycles. The molecule has 0 radical (unpaired) electrons. The number of rotatable bonds is 0. The first kappa shape index (κ1) is 7.92. The summed E-state index contributed by atoms with van der Waals surface area (Å²) in [5.74, 6) is 0.941. The molecule has 0 aliphatic carbocycles. The van der Waals surface area contributed by atoms with Gasteiger partial charge in [0.1, 0.15) is 12.4 Å². The maximum absolute atomic E-state index is 5.51. The van der Waals surface area contributed by atoms with Gasteiger partial charge in [0, 0.05) is 4.47 Å². The molecule has 1 atom stereocenters. The van der Waals surface area contributed by atoms with Crippen LogP contribution in [0.1, 0.15) is 6.92 Å². The van der Waals surface area contributed by atoms with Gasteiger partial charge in [-0.3, -0.25) is 0 Å². The van der Waals surface area contributed by atoms with Gasteiger partial charge in [-0.25, -0.2) is 0 Å². The van der Waals surface area contributed by atoms with Crippen molar-refractivity contribution < 1.29 is 4.74 Å². The molecule has 2 nitrogen and oxygen atoms in total. The highest BCUT2D eigenvalue weighted by Crippen LogP contribution is 2.31. The van der Waals surface area contributed by atoms with Crippen LogP contribution in [0, 0.1) is 0 Å². The largest absolute Gasteiger partial charge is 0.489 e. The predicted octanol–water partition coefficient (Wildman–Crippen LogP) is 2.64. The van der Waals surface area contributed by atoms with Crippen molar-refractivity contribution in [2.24, 2.45) is 0 Å². The fourth-order valence-electron chi connectivity index (χ4n) is 1.26. The molecule has 1 aliphatic heterocycles. The molecule has 0 bridgehead atoms. The summed E-state index contributed by atoms with van der Waals surface area (Å²) in [7, 11) is 0. The van der Waals surface area contributed by atoms with Crippen molar-refractivity contribution in [3.05, 3.63) is 22.7 Å². The second-order valence-corrected chi connectivity index (χ2v) is 3.91. The molecule has 2 rings (SSSR count). The van der Waals surface area contributed by atoms with Crippen LogP contribution in [0.25, 0.3) is 0 Å². The molecule has 0 unspecified atom stereocenters. The molecule has 0 saturated carbocycles. The lowest BCUT2D eigenvalue weighted by Crippen LogP contribution is -2.28. The van der Waals surface area contributed by atoms with Crippen LogP contribution >= 0.6 is 15.9 Å². The molecule has 1 N–H and O–H groups in total. The summed E-state index contributed by atoms with van der Waals surface area (Å²) in [5, 5.41) is 3.35. The Morgan fingerprint density at radius 2 is 2.42 bits per heavy atom. The monoisotopic (exact) mass is 227 g/mol. The van der Waals surface area contributed by atoms with E-state index in [0.29, 0.717) is 6.04 Å². The molecule has 0 aromatic heterocycles. The summed E-state index contributed by atoms with van der Waals surface area (Å²) in [5.41, 5.74) is 1.07. The normalized spacial score (nSPS) is 20.7. The van der Waals surface area contributed by atoms with Crippen LogP contribution in [-0.2, 0) is 0 Å². The summed E-state index contributed by atoms with van der Waals surface area (Å²) in [6.45, 7) is 2.85. The van der Waals surface area contributed by atoms with Crippen LogP contribution in [0.2, 0.25) is 0 Å². The average Bonchev–Trinajstić information content (AvgIpc) is 2.03. The number of halogens is 1. The van der Waals surface area contributed by atoms with Crippen LogP contribution in [-0.4, -0.2) is 12.6 Å². The third-order valence-electron chi connectivity index (χ3n) is 1.83. The summed E-state index contributed by atoms with van der Waals surface area (Å²) < 4.78 is 6.58. The minimum atomic E-state index is 0.395. The standard InChI is InChI=1S/C9H10BrNO/c1-6-5-12-9-3-2-7(10)4-8(9)11-6/h2-4,6,11H,5H2,1H3/t6-/m1/s1. The van der Waals surface area contributed by atoms with E-state index in [-0.39, 0.29) is 0 Å². The number of hydrogen-bond donors (Lipinski definition) is 1. The van der Waals surface area contributed by atoms with Gasteiger partial charge in [0.15, 0.2) is 0 Å². The summed E-state index contributed by atoms with van der Waals surface area (Å²) in [6, 6.07) is 6.38. The van der Waals surface area contributed by atoms with Crippen molar-refractivity contribution in [3.8, 4) is 5.75 Å². The molecule has 1 heterocycles. The summed E-state index contributed by atoms with van der Waals surface area (Å²) >= 11 is 3.41. The Balaban J connectivity index is 2.37. The zero-order valence-electron chi connectivity index (χ0n) is 6.80. The van der Waals surface area contributed by atoms with Crippen molar-refractivity contribution in [2.45, 2.75) is 13.0 Å². The van der Waals surface area contributed by atoms with E-state index >= 15 is 0 Å². The Labute approximate surface area is 80.1 Å². The van der Waals surface area contributed by atoms with Crippen molar-refractivity contribution in [3.63, 3.8) is 0 Å². The Kier molecular flexibility index (Phi) is 1.97. The molecule has 0 spiro atoms. The topological polar surface area (TPSA) is 21.3 Å². The lowest BCUT2D eigenvalue weighted by atomic mass is 10.2. The van der Waals surface area contributed by atoms with Crippen LogP contribution in [0.4, 0.5) is 5.69 Å². The number of fused-ring (bicyclic) bond motifs is 1. The Bertz CT molecular complexity index is 301. The molecule has 0 amide bonds. The molecule has 12 heavy (non-hydrogen) atoms. The molecule has 64 valence electrons. The van der Waals surface area contributed by atoms with Gasteiger partial charge in [-0.05, 0) is 25.1 Å². The van der Waals surface area contributed by atoms with Crippen molar-refractivity contribution in [1.82, 2.24) is 0 Å². The number of anilines is 1. The Hall–Kier alpha value is -0.700. The minimum Gasteiger partial charge on any atom is -0.489 e. The van der Waals surface area contributed by atoms with Crippen molar-refractivity contribution in [2.75, 3.05) is 11.9 Å². The molecular formula is C9H10BrNO. The smallest absolute Gasteiger partial charge is 0.142 e. The molecule has 3 heteroatoms. The highest BCUT2D eigenvalue weighted by molar-refractivity contribution is 9.10. The van der Waals surface area contributed by atoms with Gasteiger partial charge in [-0.2, -0.15) is 0 Å². The molecule has 0 saturated heterocycles. The van der Waals surface area contributed by atoms with Gasteiger partial charge < -0.3 is 10.1 Å². The van der Waals surface area contributed by atoms with E-state index in [2.05, 4.69) is 28.2 Å². The number of ether oxygens (including phenoxy) is 1. The fraction of sp³-hybridized carbons (Fsp3) is 0.333. The van der Waals surface area contributed by atoms with E-state index in [1.807, 2.05) is 18.2 Å². The second kappa shape index (κ2) is 2.98. The third-order valence-corrected chi connectivity index (χ3v) is 2.33. The zero-order valence-corrected chi connectivity index (χ0v) is 8.39. The summed E-state index contributed by atoms with van der Waals surface area (Å²) in [4.78, 5) is 0. The first-order chi connectivity index (χ1) is 5.75. The zero-order chi connectivity index (χ0) is 8.55. The molecule has 1 aromatic rings. The Morgan fingerprint density at radius 1 is 1.58 bits per heavy atom. The minimum absolute atomic E-state index is 0.395. The van der Waals surface area contributed by atoms with Gasteiger partial charge in [0.05, 0.1) is 11.7 Å². The van der Waals surface area contributed by atoms with Crippen LogP contribution in [0.5, 0.6) is 5.75 Å². The molecular weight excluding hydrogens is 218 g/mol. The van der Waals surface area contributed by atoms with Gasteiger partial charge in [-0.1, -0.05) is 15.9 Å². The number of hydrogen-bond acceptors (Lipinski definition) is 2. The fourth-order valence-corrected chi connectivity index (χ4v) is 1.62. The SMILES string of the molecule is C[C@@H]1COc2ccc(Br)cc2N1. The second-order valence-electron chi connectivity index (χ2n) is 3.00. The van der Waals surface area contributed by atoms with E-state index in [4.69, 9.17) is 4.74 Å². The van der Waals surface area contributed by atoms with Crippen LogP contribution < -0.4 is 10.1 Å². The lowest BCUT2D eigenvalue weighted by Gasteiger charge is -2.24. The van der Waals surface area contributed by atoms with Gasteiger partial charge in [0.2, 0.25) is 0 Å². The highest BCUT2D eigenvalue weighted by atomic mass is 79.9. The van der Waals surface area contributed by atoms with E-state index in [1.54, 1.807) is 0 Å². The average molecular weight is 228 g/mol. The molecule has 1 aliphatic rings. The highest BCUT2D eigenvalue weighted by Gasteiger charge is 2.14. The van der Waals surface area contributed by atoms with Gasteiger partial charge >= 0.3 is 0 Å². The number of nitrogens with one attached hydrogen (secondary N) is 1. The number of benzene rings is 1. The first-order valence-corrected chi connectivity index (χ1v) is 4.74. The van der Waals surface area contributed by atoms with Gasteiger partial charge in [-0.15, -0.1) is 0 Å². The summed E-state index contributed by atoms with van der Waals surface area (Å²) in [6.07, 6.45) is 0. The molecule has 0 fully saturated rings. The van der Waals surface area contributed by atoms with Crippen LogP contribution in [0.3, 0.4) is 0 Å². The third kappa shape index (κ3) is 1.41. The van der Waals surface area contributed by atoms with Crippen LogP contribution in [0.15, 0.2) is 22.7 Å². The first-order valence-electron chi connectivity index (χ1n) is 3.94. The Morgan fingerprint density at radius 3 is 3.25 bits per heavy atom. The predicted molar refractivity (Wildman–Crippen MR) is 52.7 cm³/mol. The van der Waals surface area contributed by atoms with E-state index in [9.17, 15) is 0 Å².